The van der Waals surface area contributed by atoms with Crippen molar-refractivity contribution < 1.29 is 9.05 Å². The van der Waals surface area contributed by atoms with Gasteiger partial charge in [0.1, 0.15) is 0 Å². The van der Waals surface area contributed by atoms with E-state index in [2.05, 4.69) is 44.2 Å². The number of para-hydroxylation sites is 2. The van der Waals surface area contributed by atoms with Gasteiger partial charge in [-0.15, -0.1) is 0 Å². The summed E-state index contributed by atoms with van der Waals surface area (Å²) in [6.45, 7) is -3.01. The van der Waals surface area contributed by atoms with Crippen LogP contribution in [0.2, 0.25) is 0 Å². The molecule has 0 heterocycles. The molecule has 0 aliphatic rings. The zero-order valence-electron chi connectivity index (χ0n) is 16.6. The van der Waals surface area contributed by atoms with Crippen LogP contribution in [0, 0.1) is 0 Å². The molecule has 4 aromatic rings. The summed E-state index contributed by atoms with van der Waals surface area (Å²) in [6, 6.07) is 39.7. The van der Waals surface area contributed by atoms with Gasteiger partial charge < -0.3 is 0 Å². The van der Waals surface area contributed by atoms with E-state index in [-0.39, 0.29) is 0 Å². The second kappa shape index (κ2) is 10.1. The first-order valence-electron chi connectivity index (χ1n) is 9.68. The molecule has 0 fully saturated rings. The van der Waals surface area contributed by atoms with Crippen molar-refractivity contribution >= 4 is 49.8 Å². The van der Waals surface area contributed by atoms with E-state index >= 15 is 0 Å². The van der Waals surface area contributed by atoms with E-state index in [1.807, 2.05) is 97.1 Å². The van der Waals surface area contributed by atoms with E-state index in [1.54, 1.807) is 0 Å². The van der Waals surface area contributed by atoms with Gasteiger partial charge in [0.15, 0.2) is 0 Å². The number of hydrogen-bond acceptors (Lipinski definition) is 3. The minimum atomic E-state index is -3.01. The summed E-state index contributed by atoms with van der Waals surface area (Å²) >= 11 is 9.53. The fourth-order valence-corrected chi connectivity index (χ4v) is 14.2. The molecule has 0 spiro atoms. The van der Waals surface area contributed by atoms with Crippen LogP contribution in [-0.4, -0.2) is 15.1 Å². The molecule has 0 atom stereocenters. The Morgan fingerprint density at radius 2 is 0.871 bits per heavy atom. The van der Waals surface area contributed by atoms with Crippen LogP contribution in [0.1, 0.15) is 0 Å². The molecule has 0 saturated heterocycles. The van der Waals surface area contributed by atoms with Crippen LogP contribution in [0.5, 0.6) is 11.5 Å². The maximum atomic E-state index is 6.34. The Morgan fingerprint density at radius 3 is 1.23 bits per heavy atom. The molecule has 0 aliphatic heterocycles. The summed E-state index contributed by atoms with van der Waals surface area (Å²) in [4.78, 5) is 3.67. The summed E-state index contributed by atoms with van der Waals surface area (Å²) in [7, 11) is 0. The third-order valence-electron chi connectivity index (χ3n) is 4.44. The van der Waals surface area contributed by atoms with Crippen LogP contribution >= 0.6 is 12.3 Å². The van der Waals surface area contributed by atoms with Crippen LogP contribution in [0.15, 0.2) is 121 Å². The molecule has 4 aromatic carbocycles. The van der Waals surface area contributed by atoms with Gasteiger partial charge in [-0.3, -0.25) is 0 Å². The maximum absolute atomic E-state index is 6.34. The van der Waals surface area contributed by atoms with Gasteiger partial charge in [-0.25, -0.2) is 0 Å². The fourth-order valence-electron chi connectivity index (χ4n) is 3.01. The number of rotatable bonds is 8. The fraction of sp³-hybridized carbons (Fsp3) is 0. The van der Waals surface area contributed by atoms with Gasteiger partial charge in [0.25, 0.3) is 0 Å². The van der Waals surface area contributed by atoms with Gasteiger partial charge >= 0.3 is 197 Å². The average Bonchev–Trinajstić information content (AvgIpc) is 2.81. The Labute approximate surface area is 195 Å². The van der Waals surface area contributed by atoms with E-state index in [0.29, 0.717) is 11.5 Å². The van der Waals surface area contributed by atoms with Crippen LogP contribution in [-0.2, 0) is 11.8 Å². The molecular formula is C24H21NO2P2SSe. The number of nitrogens with one attached hydrogen (secondary N) is 1. The Morgan fingerprint density at radius 1 is 0.548 bits per heavy atom. The molecule has 0 radical (unpaired) electrons. The molecule has 0 aromatic heterocycles. The summed E-state index contributed by atoms with van der Waals surface area (Å²) in [6.07, 6.45) is 0. The quantitative estimate of drug-likeness (QED) is 0.238. The van der Waals surface area contributed by atoms with E-state index in [9.17, 15) is 0 Å². The summed E-state index contributed by atoms with van der Waals surface area (Å²) in [5.41, 5.74) is -2.25. The summed E-state index contributed by atoms with van der Waals surface area (Å²) in [5, 5.41) is 2.26. The average molecular weight is 528 g/mol. The Hall–Kier alpha value is -1.96. The number of benzene rings is 4. The van der Waals surface area contributed by atoms with Gasteiger partial charge in [-0.05, 0) is 0 Å². The third kappa shape index (κ3) is 5.64. The molecule has 31 heavy (non-hydrogen) atoms. The molecule has 0 bridgehead atoms. The van der Waals surface area contributed by atoms with E-state index in [1.165, 1.54) is 0 Å². The van der Waals surface area contributed by atoms with Gasteiger partial charge in [0.05, 0.1) is 0 Å². The third-order valence-corrected chi connectivity index (χ3v) is 14.9. The zero-order chi connectivity index (χ0) is 21.6. The second-order valence-electron chi connectivity index (χ2n) is 6.69. The van der Waals surface area contributed by atoms with Crippen LogP contribution in [0.3, 0.4) is 0 Å². The van der Waals surface area contributed by atoms with E-state index in [0.717, 1.165) is 10.6 Å². The van der Waals surface area contributed by atoms with Crippen molar-refractivity contribution in [1.82, 2.24) is 4.86 Å². The summed E-state index contributed by atoms with van der Waals surface area (Å²) < 4.78 is 12.7. The monoisotopic (exact) mass is 529 g/mol. The Kier molecular flexibility index (Phi) is 7.25. The minimum absolute atomic E-state index is 0.668. The van der Waals surface area contributed by atoms with Gasteiger partial charge in [0.2, 0.25) is 0 Å². The number of hydrogen-bond donors (Lipinski definition) is 1. The van der Waals surface area contributed by atoms with Crippen molar-refractivity contribution in [2.45, 2.75) is 0 Å². The molecule has 4 rings (SSSR count). The van der Waals surface area contributed by atoms with Crippen molar-refractivity contribution in [3.63, 3.8) is 0 Å². The van der Waals surface area contributed by atoms with Crippen molar-refractivity contribution in [1.29, 1.82) is 0 Å². The molecule has 3 nitrogen and oxygen atoms in total. The van der Waals surface area contributed by atoms with Crippen LogP contribution < -0.4 is 24.5 Å². The van der Waals surface area contributed by atoms with Crippen LogP contribution in [0.4, 0.5) is 0 Å². The van der Waals surface area contributed by atoms with Crippen molar-refractivity contribution in [2.24, 2.45) is 0 Å². The van der Waals surface area contributed by atoms with Crippen LogP contribution in [0.25, 0.3) is 0 Å². The van der Waals surface area contributed by atoms with E-state index < -0.39 is 12.3 Å². The topological polar surface area (TPSA) is 30.5 Å². The first kappa shape index (κ1) is 22.2. The summed E-state index contributed by atoms with van der Waals surface area (Å²) in [5.74, 6) is 1.34. The predicted octanol–water partition coefficient (Wildman–Crippen LogP) is 5.63. The normalized spacial score (nSPS) is 11.6. The molecular weight excluding hydrogens is 507 g/mol. The van der Waals surface area contributed by atoms with Crippen molar-refractivity contribution in [2.75, 3.05) is 0 Å². The van der Waals surface area contributed by atoms with Crippen molar-refractivity contribution in [3.05, 3.63) is 121 Å². The van der Waals surface area contributed by atoms with Gasteiger partial charge in [-0.1, -0.05) is 0 Å². The molecule has 156 valence electrons. The molecule has 1 N–H and O–H groups in total. The first-order valence-corrected chi connectivity index (χ1v) is 16.3. The molecule has 7 heteroatoms. The SMILES string of the molecule is S=P(NP(=[Se])(c1ccccc1)c1ccccc1)(Oc1ccccc1)Oc1ccccc1. The van der Waals surface area contributed by atoms with Gasteiger partial charge in [-0.2, -0.15) is 0 Å². The standard InChI is InChI=1S/C24H21NO2P2SSe/c30-29(26-21-13-5-1-6-14-21,27-22-15-7-2-8-16-22)25-28(31,23-17-9-3-10-18-23)24-19-11-4-12-20-24/h1-20H,(H,25,30,31). The molecule has 0 aliphatic carbocycles. The predicted molar refractivity (Wildman–Crippen MR) is 136 cm³/mol. The first-order chi connectivity index (χ1) is 15.1. The van der Waals surface area contributed by atoms with Gasteiger partial charge in [0, 0.05) is 0 Å². The van der Waals surface area contributed by atoms with E-state index in [4.69, 9.17) is 20.9 Å². The molecule has 0 saturated carbocycles. The second-order valence-corrected chi connectivity index (χ2v) is 16.0. The molecule has 0 amide bonds. The Bertz CT molecular complexity index is 1120. The van der Waals surface area contributed by atoms with Crippen molar-refractivity contribution in [3.8, 4) is 11.5 Å². The molecule has 0 unspecified atom stereocenters. The Balaban J connectivity index is 1.79. The zero-order valence-corrected chi connectivity index (χ0v) is 20.9.